The summed E-state index contributed by atoms with van der Waals surface area (Å²) in [6.45, 7) is 0.714. The number of rotatable bonds is 8. The lowest BCUT2D eigenvalue weighted by Gasteiger charge is -2.10. The minimum Gasteiger partial charge on any atom is -0.384 e. The summed E-state index contributed by atoms with van der Waals surface area (Å²) in [7, 11) is -3.81. The topological polar surface area (TPSA) is 114 Å². The van der Waals surface area contributed by atoms with Crippen LogP contribution in [0.3, 0.4) is 0 Å². The highest BCUT2D eigenvalue weighted by molar-refractivity contribution is 7.89. The van der Waals surface area contributed by atoms with Crippen LogP contribution >= 0.6 is 11.6 Å². The summed E-state index contributed by atoms with van der Waals surface area (Å²) in [5.41, 5.74) is 1.38. The molecule has 0 radical (unpaired) electrons. The fourth-order valence-corrected chi connectivity index (χ4v) is 3.92. The second-order valence-corrected chi connectivity index (χ2v) is 8.16. The first kappa shape index (κ1) is 20.0. The molecule has 3 aromatic rings. The van der Waals surface area contributed by atoms with Gasteiger partial charge in [0.1, 0.15) is 0 Å². The van der Waals surface area contributed by atoms with Crippen molar-refractivity contribution < 1.29 is 13.3 Å². The van der Waals surface area contributed by atoms with Crippen LogP contribution in [0.15, 0.2) is 59.6 Å². The van der Waals surface area contributed by atoms with E-state index >= 15 is 0 Å². The van der Waals surface area contributed by atoms with Gasteiger partial charge in [0.05, 0.1) is 15.3 Å². The van der Waals surface area contributed by atoms with Gasteiger partial charge < -0.3 is 5.32 Å². The Morgan fingerprint density at radius 1 is 1.11 bits per heavy atom. The number of benzene rings is 2. The first-order chi connectivity index (χ1) is 13.4. The summed E-state index contributed by atoms with van der Waals surface area (Å²) in [4.78, 5) is 14.3. The molecule has 0 amide bonds. The lowest BCUT2D eigenvalue weighted by molar-refractivity contribution is -0.385. The van der Waals surface area contributed by atoms with E-state index in [2.05, 4.69) is 15.0 Å². The number of non-ortho nitro benzene ring substituents is 1. The summed E-state index contributed by atoms with van der Waals surface area (Å²) in [5, 5.41) is 15.6. The van der Waals surface area contributed by atoms with Crippen LogP contribution in [0.1, 0.15) is 6.42 Å². The van der Waals surface area contributed by atoms with Gasteiger partial charge in [-0.05, 0) is 36.8 Å². The largest absolute Gasteiger partial charge is 0.384 e. The summed E-state index contributed by atoms with van der Waals surface area (Å²) in [6.07, 6.45) is 2.19. The fourth-order valence-electron chi connectivity index (χ4n) is 2.64. The van der Waals surface area contributed by atoms with Crippen molar-refractivity contribution in [3.8, 4) is 0 Å². The zero-order valence-electron chi connectivity index (χ0n) is 14.6. The molecule has 28 heavy (non-hydrogen) atoms. The van der Waals surface area contributed by atoms with Gasteiger partial charge in [0, 0.05) is 47.5 Å². The van der Waals surface area contributed by atoms with Crippen molar-refractivity contribution in [3.63, 3.8) is 0 Å². The standard InChI is InChI=1S/C18H17ClN4O4S/c19-13-5-6-16-17(7-10-21-18(16)11-13)20-8-2-9-22-28(26,27)15-4-1-3-14(12-15)23(24)25/h1,3-7,10-12,22H,2,8-9H2,(H,20,21). The van der Waals surface area contributed by atoms with Gasteiger partial charge in [-0.1, -0.05) is 17.7 Å². The number of nitrogens with one attached hydrogen (secondary N) is 2. The molecule has 0 bridgehead atoms. The minimum absolute atomic E-state index is 0.133. The summed E-state index contributed by atoms with van der Waals surface area (Å²) in [6, 6.07) is 12.2. The van der Waals surface area contributed by atoms with E-state index in [-0.39, 0.29) is 17.1 Å². The Kier molecular flexibility index (Phi) is 6.08. The molecule has 0 aliphatic rings. The molecule has 0 aliphatic heterocycles. The quantitative estimate of drug-likeness (QED) is 0.327. The molecule has 0 unspecified atom stereocenters. The van der Waals surface area contributed by atoms with Gasteiger partial charge in [-0.15, -0.1) is 0 Å². The first-order valence-electron chi connectivity index (χ1n) is 8.39. The highest BCUT2D eigenvalue weighted by Gasteiger charge is 2.16. The van der Waals surface area contributed by atoms with Gasteiger partial charge in [-0.3, -0.25) is 15.1 Å². The van der Waals surface area contributed by atoms with Crippen LogP contribution in [-0.4, -0.2) is 31.4 Å². The van der Waals surface area contributed by atoms with Crippen LogP contribution in [0.25, 0.3) is 10.9 Å². The zero-order chi connectivity index (χ0) is 20.1. The maximum atomic E-state index is 12.3. The smallest absolute Gasteiger partial charge is 0.270 e. The first-order valence-corrected chi connectivity index (χ1v) is 10.3. The van der Waals surface area contributed by atoms with Gasteiger partial charge in [0.2, 0.25) is 10.0 Å². The van der Waals surface area contributed by atoms with Crippen molar-refractivity contribution in [2.24, 2.45) is 0 Å². The third-order valence-corrected chi connectivity index (χ3v) is 5.70. The maximum Gasteiger partial charge on any atom is 0.270 e. The third-order valence-electron chi connectivity index (χ3n) is 4.00. The molecular formula is C18H17ClN4O4S. The van der Waals surface area contributed by atoms with Crippen LogP contribution in [-0.2, 0) is 10.0 Å². The molecule has 2 aromatic carbocycles. The molecule has 2 N–H and O–H groups in total. The number of nitrogens with zero attached hydrogens (tertiary/aromatic N) is 2. The number of nitro benzene ring substituents is 1. The number of aromatic nitrogens is 1. The molecule has 0 atom stereocenters. The van der Waals surface area contributed by atoms with Gasteiger partial charge in [-0.25, -0.2) is 13.1 Å². The Bertz CT molecular complexity index is 1120. The predicted octanol–water partition coefficient (Wildman–Crippen LogP) is 3.58. The second-order valence-electron chi connectivity index (χ2n) is 5.95. The highest BCUT2D eigenvalue weighted by atomic mass is 35.5. The van der Waals surface area contributed by atoms with Crippen LogP contribution in [0.2, 0.25) is 5.02 Å². The average Bonchev–Trinajstić information content (AvgIpc) is 2.67. The third kappa shape index (κ3) is 4.75. The van der Waals surface area contributed by atoms with E-state index in [0.29, 0.717) is 18.0 Å². The maximum absolute atomic E-state index is 12.3. The van der Waals surface area contributed by atoms with Crippen LogP contribution in [0.5, 0.6) is 0 Å². The number of hydrogen-bond donors (Lipinski definition) is 2. The van der Waals surface area contributed by atoms with Crippen molar-refractivity contribution in [2.45, 2.75) is 11.3 Å². The van der Waals surface area contributed by atoms with Crippen molar-refractivity contribution >= 4 is 43.9 Å². The summed E-state index contributed by atoms with van der Waals surface area (Å²) in [5.74, 6) is 0. The number of sulfonamides is 1. The Labute approximate surface area is 166 Å². The van der Waals surface area contributed by atoms with E-state index in [9.17, 15) is 18.5 Å². The fraction of sp³-hybridized carbons (Fsp3) is 0.167. The van der Waals surface area contributed by atoms with Gasteiger partial charge >= 0.3 is 0 Å². The van der Waals surface area contributed by atoms with Crippen molar-refractivity contribution in [3.05, 3.63) is 69.9 Å². The zero-order valence-corrected chi connectivity index (χ0v) is 16.2. The van der Waals surface area contributed by atoms with E-state index < -0.39 is 14.9 Å². The van der Waals surface area contributed by atoms with E-state index in [0.717, 1.165) is 22.7 Å². The predicted molar refractivity (Wildman–Crippen MR) is 108 cm³/mol. The normalized spacial score (nSPS) is 11.5. The minimum atomic E-state index is -3.81. The Morgan fingerprint density at radius 2 is 1.93 bits per heavy atom. The molecule has 0 spiro atoms. The molecule has 0 aliphatic carbocycles. The monoisotopic (exact) mass is 420 g/mol. The van der Waals surface area contributed by atoms with Crippen LogP contribution < -0.4 is 10.0 Å². The van der Waals surface area contributed by atoms with Crippen molar-refractivity contribution in [1.82, 2.24) is 9.71 Å². The number of nitro groups is 1. The molecule has 1 aromatic heterocycles. The van der Waals surface area contributed by atoms with Crippen molar-refractivity contribution in [1.29, 1.82) is 0 Å². The molecule has 0 saturated heterocycles. The number of anilines is 1. The SMILES string of the molecule is O=[N+]([O-])c1cccc(S(=O)(=O)NCCCNc2ccnc3cc(Cl)ccc23)c1. The summed E-state index contributed by atoms with van der Waals surface area (Å²) < 4.78 is 27.0. The van der Waals surface area contributed by atoms with Gasteiger partial charge in [0.25, 0.3) is 5.69 Å². The van der Waals surface area contributed by atoms with E-state index in [1.807, 2.05) is 12.1 Å². The average molecular weight is 421 g/mol. The molecular weight excluding hydrogens is 404 g/mol. The Morgan fingerprint density at radius 3 is 2.71 bits per heavy atom. The number of halogens is 1. The lowest BCUT2D eigenvalue weighted by Crippen LogP contribution is -2.26. The second kappa shape index (κ2) is 8.51. The molecule has 3 rings (SSSR count). The highest BCUT2D eigenvalue weighted by Crippen LogP contribution is 2.24. The molecule has 1 heterocycles. The summed E-state index contributed by atoms with van der Waals surface area (Å²) >= 11 is 5.97. The van der Waals surface area contributed by atoms with Gasteiger partial charge in [0.15, 0.2) is 0 Å². The number of fused-ring (bicyclic) bond motifs is 1. The van der Waals surface area contributed by atoms with E-state index in [1.165, 1.54) is 18.2 Å². The van der Waals surface area contributed by atoms with Crippen molar-refractivity contribution in [2.75, 3.05) is 18.4 Å². The molecule has 8 nitrogen and oxygen atoms in total. The Balaban J connectivity index is 1.56. The number of pyridine rings is 1. The number of hydrogen-bond acceptors (Lipinski definition) is 6. The molecule has 10 heteroatoms. The van der Waals surface area contributed by atoms with Crippen LogP contribution in [0.4, 0.5) is 11.4 Å². The lowest BCUT2D eigenvalue weighted by atomic mass is 10.2. The van der Waals surface area contributed by atoms with Gasteiger partial charge in [-0.2, -0.15) is 0 Å². The molecule has 0 fully saturated rings. The Hall–Kier alpha value is -2.75. The molecule has 0 saturated carbocycles. The van der Waals surface area contributed by atoms with E-state index in [1.54, 1.807) is 18.3 Å². The van der Waals surface area contributed by atoms with E-state index in [4.69, 9.17) is 11.6 Å². The van der Waals surface area contributed by atoms with Crippen LogP contribution in [0, 0.1) is 10.1 Å². The molecule has 146 valence electrons.